The largest absolute Gasteiger partial charge is 0.372 e. The van der Waals surface area contributed by atoms with E-state index in [1.807, 2.05) is 54.5 Å². The molecule has 28 heavy (non-hydrogen) atoms. The average Bonchev–Trinajstić information content (AvgIpc) is 3.17. The van der Waals surface area contributed by atoms with Crippen LogP contribution in [0.4, 0.5) is 0 Å². The molecule has 5 nitrogen and oxygen atoms in total. The third-order valence-electron chi connectivity index (χ3n) is 4.82. The molecule has 0 bridgehead atoms. The number of fused-ring (bicyclic) bond motifs is 1. The third-order valence-corrected chi connectivity index (χ3v) is 4.82. The highest BCUT2D eigenvalue weighted by Crippen LogP contribution is 2.27. The summed E-state index contributed by atoms with van der Waals surface area (Å²) in [4.78, 5) is 14.8. The molecule has 5 heteroatoms. The minimum atomic E-state index is 0.576. The molecule has 140 valence electrons. The molecule has 0 saturated carbocycles. The highest BCUT2D eigenvalue weighted by molar-refractivity contribution is 5.86. The van der Waals surface area contributed by atoms with Gasteiger partial charge in [-0.3, -0.25) is 0 Å². The minimum Gasteiger partial charge on any atom is -0.372 e. The van der Waals surface area contributed by atoms with Crippen molar-refractivity contribution in [3.8, 4) is 22.5 Å². The summed E-state index contributed by atoms with van der Waals surface area (Å²) in [5.74, 6) is 0. The molecule has 3 aromatic heterocycles. The molecule has 3 heterocycles. The van der Waals surface area contributed by atoms with Gasteiger partial charge in [-0.25, -0.2) is 9.97 Å². The van der Waals surface area contributed by atoms with Gasteiger partial charge in [0.25, 0.3) is 0 Å². The van der Waals surface area contributed by atoms with E-state index in [9.17, 15) is 0 Å². The first-order valence-corrected chi connectivity index (χ1v) is 9.28. The van der Waals surface area contributed by atoms with Crippen molar-refractivity contribution in [2.45, 2.75) is 0 Å². The fourth-order valence-corrected chi connectivity index (χ4v) is 3.21. The lowest BCUT2D eigenvalue weighted by Gasteiger charge is -2.20. The van der Waals surface area contributed by atoms with Crippen LogP contribution >= 0.6 is 0 Å². The van der Waals surface area contributed by atoms with Crippen molar-refractivity contribution in [3.63, 3.8) is 0 Å². The van der Waals surface area contributed by atoms with Crippen LogP contribution in [0.15, 0.2) is 73.4 Å². The highest BCUT2D eigenvalue weighted by Gasteiger charge is 2.10. The molecule has 0 spiro atoms. The molecule has 0 atom stereocenters. The maximum Gasteiger partial charge on any atom is 0.137 e. The maximum atomic E-state index is 5.65. The molecule has 4 rings (SSSR count). The van der Waals surface area contributed by atoms with E-state index in [0.717, 1.165) is 51.5 Å². The Kier molecular flexibility index (Phi) is 4.91. The van der Waals surface area contributed by atoms with Crippen molar-refractivity contribution in [1.82, 2.24) is 19.9 Å². The van der Waals surface area contributed by atoms with Crippen LogP contribution in [0.25, 0.3) is 39.2 Å². The standard InChI is InChI=1S/C23H23N5/c1-16(28(2)12-11-24)20-9-6-10-21(26-20)19-13-18-14-22(27-23(18)25-15-19)17-7-4-3-5-8-17/h3-10,13-15H,1,11-12,24H2,2H3,(H,25,27). The molecule has 0 aliphatic rings. The van der Waals surface area contributed by atoms with Crippen molar-refractivity contribution in [2.75, 3.05) is 20.1 Å². The number of aromatic amines is 1. The van der Waals surface area contributed by atoms with E-state index in [0.29, 0.717) is 6.54 Å². The molecule has 1 aromatic carbocycles. The lowest BCUT2D eigenvalue weighted by atomic mass is 10.1. The van der Waals surface area contributed by atoms with Crippen molar-refractivity contribution in [1.29, 1.82) is 0 Å². The summed E-state index contributed by atoms with van der Waals surface area (Å²) in [5, 5.41) is 1.06. The first-order valence-electron chi connectivity index (χ1n) is 9.28. The summed E-state index contributed by atoms with van der Waals surface area (Å²) in [6, 6.07) is 20.4. The average molecular weight is 369 g/mol. The number of benzene rings is 1. The van der Waals surface area contributed by atoms with E-state index in [-0.39, 0.29) is 0 Å². The lowest BCUT2D eigenvalue weighted by molar-refractivity contribution is 0.490. The predicted molar refractivity (Wildman–Crippen MR) is 115 cm³/mol. The second-order valence-corrected chi connectivity index (χ2v) is 6.78. The van der Waals surface area contributed by atoms with Gasteiger partial charge in [0.2, 0.25) is 0 Å². The monoisotopic (exact) mass is 369 g/mol. The van der Waals surface area contributed by atoms with Gasteiger partial charge in [0.05, 0.1) is 17.1 Å². The first kappa shape index (κ1) is 17.9. The zero-order valence-electron chi connectivity index (χ0n) is 15.9. The van der Waals surface area contributed by atoms with Gasteiger partial charge in [0, 0.05) is 43.0 Å². The number of nitrogens with zero attached hydrogens (tertiary/aromatic N) is 3. The van der Waals surface area contributed by atoms with Gasteiger partial charge in [-0.2, -0.15) is 0 Å². The summed E-state index contributed by atoms with van der Waals surface area (Å²) in [6.07, 6.45) is 1.85. The topological polar surface area (TPSA) is 70.8 Å². The molecular formula is C23H23N5. The van der Waals surface area contributed by atoms with Crippen LogP contribution in [0.2, 0.25) is 0 Å². The second-order valence-electron chi connectivity index (χ2n) is 6.78. The Hall–Kier alpha value is -3.44. The zero-order chi connectivity index (χ0) is 19.5. The number of nitrogens with two attached hydrogens (primary N) is 1. The van der Waals surface area contributed by atoms with Crippen molar-refractivity contribution < 1.29 is 0 Å². The first-order chi connectivity index (χ1) is 13.7. The molecule has 0 unspecified atom stereocenters. The van der Waals surface area contributed by atoms with E-state index in [4.69, 9.17) is 10.7 Å². The summed E-state index contributed by atoms with van der Waals surface area (Å²) >= 11 is 0. The molecular weight excluding hydrogens is 346 g/mol. The number of aromatic nitrogens is 3. The fraction of sp³-hybridized carbons (Fsp3) is 0.130. The van der Waals surface area contributed by atoms with E-state index < -0.39 is 0 Å². The quantitative estimate of drug-likeness (QED) is 0.535. The highest BCUT2D eigenvalue weighted by atomic mass is 15.1. The van der Waals surface area contributed by atoms with Gasteiger partial charge in [-0.15, -0.1) is 0 Å². The van der Waals surface area contributed by atoms with E-state index >= 15 is 0 Å². The molecule has 0 fully saturated rings. The number of pyridine rings is 2. The summed E-state index contributed by atoms with van der Waals surface area (Å²) < 4.78 is 0. The molecule has 0 aliphatic heterocycles. The summed E-state index contributed by atoms with van der Waals surface area (Å²) in [7, 11) is 1.97. The Labute approximate surface area is 164 Å². The Morgan fingerprint density at radius 2 is 1.89 bits per heavy atom. The third kappa shape index (κ3) is 3.52. The van der Waals surface area contributed by atoms with Gasteiger partial charge in [0.1, 0.15) is 5.65 Å². The van der Waals surface area contributed by atoms with Gasteiger partial charge in [-0.05, 0) is 29.8 Å². The van der Waals surface area contributed by atoms with E-state index in [1.54, 1.807) is 0 Å². The van der Waals surface area contributed by atoms with Crippen LogP contribution in [0.3, 0.4) is 0 Å². The molecule has 0 aliphatic carbocycles. The molecule has 0 amide bonds. The Balaban J connectivity index is 1.68. The van der Waals surface area contributed by atoms with Gasteiger partial charge >= 0.3 is 0 Å². The predicted octanol–water partition coefficient (Wildman–Crippen LogP) is 4.15. The lowest BCUT2D eigenvalue weighted by Crippen LogP contribution is -2.24. The van der Waals surface area contributed by atoms with Crippen LogP contribution in [-0.2, 0) is 0 Å². The van der Waals surface area contributed by atoms with E-state index in [2.05, 4.69) is 40.8 Å². The summed E-state index contributed by atoms with van der Waals surface area (Å²) in [5.41, 5.74) is 12.3. The number of H-pyrrole nitrogens is 1. The van der Waals surface area contributed by atoms with Crippen LogP contribution < -0.4 is 5.73 Å². The Morgan fingerprint density at radius 1 is 1.07 bits per heavy atom. The van der Waals surface area contributed by atoms with Crippen LogP contribution in [-0.4, -0.2) is 40.0 Å². The van der Waals surface area contributed by atoms with Gasteiger partial charge < -0.3 is 15.6 Å². The van der Waals surface area contributed by atoms with Gasteiger partial charge in [0.15, 0.2) is 0 Å². The van der Waals surface area contributed by atoms with Crippen molar-refractivity contribution in [2.24, 2.45) is 5.73 Å². The maximum absolute atomic E-state index is 5.65. The number of likely N-dealkylation sites (N-methyl/N-ethyl adjacent to an activating group) is 1. The smallest absolute Gasteiger partial charge is 0.137 e. The molecule has 0 saturated heterocycles. The van der Waals surface area contributed by atoms with Crippen LogP contribution in [0, 0.1) is 0 Å². The number of hydrogen-bond donors (Lipinski definition) is 2. The second kappa shape index (κ2) is 7.66. The minimum absolute atomic E-state index is 0.576. The number of hydrogen-bond acceptors (Lipinski definition) is 4. The molecule has 4 aromatic rings. The van der Waals surface area contributed by atoms with Crippen LogP contribution in [0.1, 0.15) is 5.69 Å². The molecule has 3 N–H and O–H groups in total. The van der Waals surface area contributed by atoms with Gasteiger partial charge in [-0.1, -0.05) is 43.0 Å². The SMILES string of the molecule is C=C(c1cccc(-c2cnc3[nH]c(-c4ccccc4)cc3c2)n1)N(C)CCN. The van der Waals surface area contributed by atoms with Crippen molar-refractivity contribution >= 4 is 16.7 Å². The zero-order valence-corrected chi connectivity index (χ0v) is 15.9. The van der Waals surface area contributed by atoms with Crippen LogP contribution in [0.5, 0.6) is 0 Å². The summed E-state index contributed by atoms with van der Waals surface area (Å²) in [6.45, 7) is 5.47. The Bertz CT molecular complexity index is 1110. The number of rotatable bonds is 6. The normalized spacial score (nSPS) is 10.9. The van der Waals surface area contributed by atoms with E-state index in [1.165, 1.54) is 0 Å². The Morgan fingerprint density at radius 3 is 2.68 bits per heavy atom. The fourth-order valence-electron chi connectivity index (χ4n) is 3.21. The molecule has 0 radical (unpaired) electrons. The number of nitrogens with one attached hydrogen (secondary N) is 1. The van der Waals surface area contributed by atoms with Crippen molar-refractivity contribution in [3.05, 3.63) is 79.1 Å².